The standard InChI is InChI=1S/C22H24N4O/c1-17(2)26(16-18-7-4-3-5-8-18)20-10-11-21(24-15-20)22(27)25-14-19-9-6-12-23-13-19/h3-13,15,17H,14,16H2,1-2H3,(H,25,27). The summed E-state index contributed by atoms with van der Waals surface area (Å²) in [7, 11) is 0. The Morgan fingerprint density at radius 2 is 1.78 bits per heavy atom. The third kappa shape index (κ3) is 5.14. The number of anilines is 1. The number of benzene rings is 1. The second-order valence-corrected chi connectivity index (χ2v) is 6.65. The fourth-order valence-corrected chi connectivity index (χ4v) is 2.82. The van der Waals surface area contributed by atoms with E-state index in [-0.39, 0.29) is 5.91 Å². The van der Waals surface area contributed by atoms with E-state index in [0.717, 1.165) is 17.8 Å². The molecule has 3 aromatic rings. The van der Waals surface area contributed by atoms with E-state index in [9.17, 15) is 4.79 Å². The molecule has 5 heteroatoms. The predicted molar refractivity (Wildman–Crippen MR) is 107 cm³/mol. The number of carbonyl (C=O) groups is 1. The van der Waals surface area contributed by atoms with Crippen LogP contribution in [0.1, 0.15) is 35.5 Å². The van der Waals surface area contributed by atoms with Crippen LogP contribution in [0.5, 0.6) is 0 Å². The van der Waals surface area contributed by atoms with Gasteiger partial charge in [0, 0.05) is 31.5 Å². The molecule has 0 aliphatic carbocycles. The first-order valence-electron chi connectivity index (χ1n) is 9.07. The lowest BCUT2D eigenvalue weighted by Gasteiger charge is -2.29. The Labute approximate surface area is 160 Å². The van der Waals surface area contributed by atoms with E-state index in [1.807, 2.05) is 36.4 Å². The number of nitrogens with one attached hydrogen (secondary N) is 1. The molecule has 0 aliphatic rings. The van der Waals surface area contributed by atoms with Gasteiger partial charge in [-0.1, -0.05) is 36.4 Å². The van der Waals surface area contributed by atoms with Crippen LogP contribution in [-0.2, 0) is 13.1 Å². The molecule has 1 aromatic carbocycles. The van der Waals surface area contributed by atoms with Crippen LogP contribution >= 0.6 is 0 Å². The molecule has 0 saturated heterocycles. The van der Waals surface area contributed by atoms with Gasteiger partial charge in [0.2, 0.25) is 0 Å². The van der Waals surface area contributed by atoms with Gasteiger partial charge in [0.05, 0.1) is 11.9 Å². The second kappa shape index (κ2) is 8.94. The predicted octanol–water partition coefficient (Wildman–Crippen LogP) is 3.82. The highest BCUT2D eigenvalue weighted by Crippen LogP contribution is 2.19. The van der Waals surface area contributed by atoms with Gasteiger partial charge in [0.1, 0.15) is 5.69 Å². The third-order valence-corrected chi connectivity index (χ3v) is 4.31. The number of nitrogens with zero attached hydrogens (tertiary/aromatic N) is 3. The van der Waals surface area contributed by atoms with E-state index in [2.05, 4.69) is 46.2 Å². The van der Waals surface area contributed by atoms with Crippen LogP contribution in [0.25, 0.3) is 0 Å². The summed E-state index contributed by atoms with van der Waals surface area (Å²) >= 11 is 0. The van der Waals surface area contributed by atoms with Crippen LogP contribution in [0.15, 0.2) is 73.2 Å². The van der Waals surface area contributed by atoms with E-state index in [0.29, 0.717) is 18.3 Å². The molecule has 0 fully saturated rings. The molecular formula is C22H24N4O. The van der Waals surface area contributed by atoms with Crippen molar-refractivity contribution in [1.29, 1.82) is 0 Å². The lowest BCUT2D eigenvalue weighted by atomic mass is 10.1. The van der Waals surface area contributed by atoms with Gasteiger partial charge in [0.25, 0.3) is 5.91 Å². The molecule has 138 valence electrons. The summed E-state index contributed by atoms with van der Waals surface area (Å²) in [6, 6.07) is 18.1. The summed E-state index contributed by atoms with van der Waals surface area (Å²) in [6.07, 6.45) is 5.21. The monoisotopic (exact) mass is 360 g/mol. The van der Waals surface area contributed by atoms with Crippen LogP contribution in [0, 0.1) is 0 Å². The maximum atomic E-state index is 12.3. The van der Waals surface area contributed by atoms with Gasteiger partial charge >= 0.3 is 0 Å². The van der Waals surface area contributed by atoms with Crippen molar-refractivity contribution in [2.75, 3.05) is 4.90 Å². The van der Waals surface area contributed by atoms with Gasteiger partial charge in [-0.15, -0.1) is 0 Å². The van der Waals surface area contributed by atoms with E-state index in [1.54, 1.807) is 24.7 Å². The van der Waals surface area contributed by atoms with Gasteiger partial charge in [0.15, 0.2) is 0 Å². The molecule has 5 nitrogen and oxygen atoms in total. The summed E-state index contributed by atoms with van der Waals surface area (Å²) < 4.78 is 0. The normalized spacial score (nSPS) is 10.6. The summed E-state index contributed by atoms with van der Waals surface area (Å²) in [4.78, 5) is 23.0. The van der Waals surface area contributed by atoms with E-state index >= 15 is 0 Å². The Morgan fingerprint density at radius 3 is 2.41 bits per heavy atom. The second-order valence-electron chi connectivity index (χ2n) is 6.65. The fraction of sp³-hybridized carbons (Fsp3) is 0.227. The molecule has 1 N–H and O–H groups in total. The number of pyridine rings is 2. The number of aromatic nitrogens is 2. The largest absolute Gasteiger partial charge is 0.364 e. The smallest absolute Gasteiger partial charge is 0.270 e. The lowest BCUT2D eigenvalue weighted by Crippen LogP contribution is -2.30. The molecule has 0 aliphatic heterocycles. The summed E-state index contributed by atoms with van der Waals surface area (Å²) in [5, 5.41) is 2.87. The van der Waals surface area contributed by atoms with Crippen molar-refractivity contribution in [3.8, 4) is 0 Å². The quantitative estimate of drug-likeness (QED) is 0.696. The molecule has 27 heavy (non-hydrogen) atoms. The van der Waals surface area contributed by atoms with E-state index in [1.165, 1.54) is 5.56 Å². The Balaban J connectivity index is 1.66. The SMILES string of the molecule is CC(C)N(Cc1ccccc1)c1ccc(C(=O)NCc2cccnc2)nc1. The van der Waals surface area contributed by atoms with Gasteiger partial charge < -0.3 is 10.2 Å². The van der Waals surface area contributed by atoms with Crippen molar-refractivity contribution in [3.05, 3.63) is 90.0 Å². The maximum absolute atomic E-state index is 12.3. The van der Waals surface area contributed by atoms with Crippen LogP contribution in [0.2, 0.25) is 0 Å². The summed E-state index contributed by atoms with van der Waals surface area (Å²) in [5.41, 5.74) is 3.60. The van der Waals surface area contributed by atoms with Crippen LogP contribution in [-0.4, -0.2) is 21.9 Å². The molecule has 0 saturated carbocycles. The first-order chi connectivity index (χ1) is 13.1. The third-order valence-electron chi connectivity index (χ3n) is 4.31. The highest BCUT2D eigenvalue weighted by molar-refractivity contribution is 5.92. The number of rotatable bonds is 7. The van der Waals surface area contributed by atoms with Gasteiger partial charge in [-0.05, 0) is 43.2 Å². The molecule has 0 atom stereocenters. The van der Waals surface area contributed by atoms with Crippen molar-refractivity contribution in [3.63, 3.8) is 0 Å². The minimum absolute atomic E-state index is 0.190. The molecule has 2 aromatic heterocycles. The molecule has 1 amide bonds. The van der Waals surface area contributed by atoms with Crippen molar-refractivity contribution < 1.29 is 4.79 Å². The average Bonchev–Trinajstić information content (AvgIpc) is 2.72. The zero-order chi connectivity index (χ0) is 19.1. The molecule has 0 radical (unpaired) electrons. The topological polar surface area (TPSA) is 58.1 Å². The number of carbonyl (C=O) groups excluding carboxylic acids is 1. The Kier molecular flexibility index (Phi) is 6.15. The summed E-state index contributed by atoms with van der Waals surface area (Å²) in [5.74, 6) is -0.190. The zero-order valence-corrected chi connectivity index (χ0v) is 15.7. The van der Waals surface area contributed by atoms with Crippen molar-refractivity contribution in [1.82, 2.24) is 15.3 Å². The number of amides is 1. The van der Waals surface area contributed by atoms with Crippen LogP contribution < -0.4 is 10.2 Å². The van der Waals surface area contributed by atoms with Gasteiger partial charge in [-0.2, -0.15) is 0 Å². The van der Waals surface area contributed by atoms with Crippen molar-refractivity contribution >= 4 is 11.6 Å². The molecule has 3 rings (SSSR count). The average molecular weight is 360 g/mol. The Bertz CT molecular complexity index is 849. The van der Waals surface area contributed by atoms with Crippen LogP contribution in [0.4, 0.5) is 5.69 Å². The van der Waals surface area contributed by atoms with Gasteiger partial charge in [-0.25, -0.2) is 4.98 Å². The number of hydrogen-bond acceptors (Lipinski definition) is 4. The Morgan fingerprint density at radius 1 is 1.00 bits per heavy atom. The minimum atomic E-state index is -0.190. The summed E-state index contributed by atoms with van der Waals surface area (Å²) in [6.45, 7) is 5.53. The maximum Gasteiger partial charge on any atom is 0.270 e. The number of hydrogen-bond donors (Lipinski definition) is 1. The highest BCUT2D eigenvalue weighted by atomic mass is 16.1. The molecule has 0 spiro atoms. The van der Waals surface area contributed by atoms with Crippen LogP contribution in [0.3, 0.4) is 0 Å². The van der Waals surface area contributed by atoms with E-state index < -0.39 is 0 Å². The molecular weight excluding hydrogens is 336 g/mol. The molecule has 2 heterocycles. The fourth-order valence-electron chi connectivity index (χ4n) is 2.82. The first kappa shape index (κ1) is 18.6. The van der Waals surface area contributed by atoms with E-state index in [4.69, 9.17) is 0 Å². The highest BCUT2D eigenvalue weighted by Gasteiger charge is 2.13. The Hall–Kier alpha value is -3.21. The lowest BCUT2D eigenvalue weighted by molar-refractivity contribution is 0.0946. The minimum Gasteiger partial charge on any atom is -0.364 e. The van der Waals surface area contributed by atoms with Gasteiger partial charge in [-0.3, -0.25) is 9.78 Å². The molecule has 0 bridgehead atoms. The van der Waals surface area contributed by atoms with Crippen molar-refractivity contribution in [2.45, 2.75) is 33.0 Å². The zero-order valence-electron chi connectivity index (χ0n) is 15.7. The first-order valence-corrected chi connectivity index (χ1v) is 9.07. The molecule has 0 unspecified atom stereocenters. The van der Waals surface area contributed by atoms with Crippen molar-refractivity contribution in [2.24, 2.45) is 0 Å².